The van der Waals surface area contributed by atoms with Crippen molar-refractivity contribution in [3.8, 4) is 5.75 Å². The van der Waals surface area contributed by atoms with E-state index in [1.165, 1.54) is 18.7 Å². The second kappa shape index (κ2) is 14.4. The molecule has 0 aliphatic carbocycles. The normalized spacial score (nSPS) is 13.9. The molecule has 0 saturated carbocycles. The van der Waals surface area contributed by atoms with Crippen LogP contribution in [-0.2, 0) is 30.7 Å². The molecule has 2 N–H and O–H groups in total. The number of para-hydroxylation sites is 1. The highest BCUT2D eigenvalue weighted by Gasteiger charge is 2.34. The van der Waals surface area contributed by atoms with Crippen LogP contribution in [0.15, 0.2) is 36.2 Å². The minimum absolute atomic E-state index is 0.0319. The summed E-state index contributed by atoms with van der Waals surface area (Å²) in [4.78, 5) is 48.7. The van der Waals surface area contributed by atoms with Crippen molar-refractivity contribution in [3.05, 3.63) is 41.8 Å². The molecule has 0 bridgehead atoms. The van der Waals surface area contributed by atoms with Crippen LogP contribution in [0, 0.1) is 5.92 Å². The van der Waals surface area contributed by atoms with Crippen molar-refractivity contribution in [1.29, 1.82) is 0 Å². The lowest BCUT2D eigenvalue weighted by Crippen LogP contribution is -2.50. The molecule has 10 nitrogen and oxygen atoms in total. The molecule has 1 heterocycles. The summed E-state index contributed by atoms with van der Waals surface area (Å²) in [5.74, 6) is -0.615. The van der Waals surface area contributed by atoms with Gasteiger partial charge in [-0.05, 0) is 45.6 Å². The highest BCUT2D eigenvalue weighted by atomic mass is 17.2. The number of aliphatic hydroxyl groups is 1. The van der Waals surface area contributed by atoms with E-state index in [0.29, 0.717) is 50.7 Å². The molecule has 0 aromatic heterocycles. The first-order chi connectivity index (χ1) is 17.1. The van der Waals surface area contributed by atoms with Crippen LogP contribution in [0.25, 0.3) is 0 Å². The van der Waals surface area contributed by atoms with E-state index in [9.17, 15) is 19.5 Å². The summed E-state index contributed by atoms with van der Waals surface area (Å²) in [6.45, 7) is 4.40. The first-order valence-electron chi connectivity index (χ1n) is 12.2. The number of nitrogens with zero attached hydrogens (tertiary/aromatic N) is 2. The Balaban J connectivity index is 2.06. The minimum atomic E-state index is -1.47. The van der Waals surface area contributed by atoms with Crippen LogP contribution >= 0.6 is 0 Å². The maximum atomic E-state index is 13.5. The number of aldehydes is 1. The predicted molar refractivity (Wildman–Crippen MR) is 131 cm³/mol. The lowest BCUT2D eigenvalue weighted by molar-refractivity contribution is -0.248. The Labute approximate surface area is 212 Å². The average Bonchev–Trinajstić information content (AvgIpc) is 3.37. The summed E-state index contributed by atoms with van der Waals surface area (Å²) in [5.41, 5.74) is -0.749. The Morgan fingerprint density at radius 2 is 1.97 bits per heavy atom. The van der Waals surface area contributed by atoms with Gasteiger partial charge < -0.3 is 34.4 Å². The molecular formula is C26H38N2O8. The monoisotopic (exact) mass is 506 g/mol. The van der Waals surface area contributed by atoms with E-state index in [2.05, 4.69) is 0 Å². The molecule has 1 aliphatic heterocycles. The Morgan fingerprint density at radius 3 is 2.61 bits per heavy atom. The number of hydrogen-bond donors (Lipinski definition) is 2. The Morgan fingerprint density at radius 1 is 1.22 bits per heavy atom. The van der Waals surface area contributed by atoms with Gasteiger partial charge in [0.25, 0.3) is 0 Å². The summed E-state index contributed by atoms with van der Waals surface area (Å²) in [6.07, 6.45) is 5.08. The van der Waals surface area contributed by atoms with Crippen molar-refractivity contribution in [2.75, 3.05) is 26.8 Å². The van der Waals surface area contributed by atoms with Crippen LogP contribution in [0.1, 0.15) is 57.9 Å². The number of hydrogen-bond acceptors (Lipinski definition) is 8. The average molecular weight is 507 g/mol. The van der Waals surface area contributed by atoms with Crippen molar-refractivity contribution in [3.63, 3.8) is 0 Å². The zero-order valence-electron chi connectivity index (χ0n) is 21.4. The van der Waals surface area contributed by atoms with Crippen molar-refractivity contribution in [1.82, 2.24) is 9.80 Å². The van der Waals surface area contributed by atoms with E-state index in [1.54, 1.807) is 12.1 Å². The first-order valence-corrected chi connectivity index (χ1v) is 12.2. The van der Waals surface area contributed by atoms with Gasteiger partial charge >= 0.3 is 5.97 Å². The van der Waals surface area contributed by atoms with Gasteiger partial charge in [-0.15, -0.1) is 0 Å². The van der Waals surface area contributed by atoms with Gasteiger partial charge in [-0.3, -0.25) is 9.59 Å². The Kier molecular flexibility index (Phi) is 11.7. The lowest BCUT2D eigenvalue weighted by Gasteiger charge is -2.37. The molecule has 0 spiro atoms. The number of unbranched alkanes of at least 4 members (excludes halogenated alkanes) is 2. The van der Waals surface area contributed by atoms with Gasteiger partial charge in [-0.25, -0.2) is 0 Å². The first kappa shape index (κ1) is 29.1. The van der Waals surface area contributed by atoms with Gasteiger partial charge in [0.05, 0.1) is 13.2 Å². The third-order valence-electron chi connectivity index (χ3n) is 5.91. The van der Waals surface area contributed by atoms with E-state index in [0.717, 1.165) is 18.3 Å². The zero-order valence-corrected chi connectivity index (χ0v) is 21.4. The maximum absolute atomic E-state index is 13.5. The molecule has 10 heteroatoms. The summed E-state index contributed by atoms with van der Waals surface area (Å²) in [6, 6.07) is 7.29. The number of carboxylic acid groups (broad SMARTS) is 1. The summed E-state index contributed by atoms with van der Waals surface area (Å²) < 4.78 is 5.92. The number of carbonyl (C=O) groups excluding carboxylic acids is 2. The third-order valence-corrected chi connectivity index (χ3v) is 5.91. The molecule has 1 atom stereocenters. The fraction of sp³-hybridized carbons (Fsp3) is 0.577. The third kappa shape index (κ3) is 9.50. The highest BCUT2D eigenvalue weighted by Crippen LogP contribution is 2.27. The van der Waals surface area contributed by atoms with Crippen LogP contribution in [0.4, 0.5) is 0 Å². The maximum Gasteiger partial charge on any atom is 0.303 e. The van der Waals surface area contributed by atoms with Crippen LogP contribution in [-0.4, -0.2) is 70.7 Å². The number of rotatable bonds is 17. The van der Waals surface area contributed by atoms with E-state index >= 15 is 0 Å². The molecule has 2 rings (SSSR count). The van der Waals surface area contributed by atoms with Gasteiger partial charge in [0, 0.05) is 44.0 Å². The smallest absolute Gasteiger partial charge is 0.303 e. The molecule has 1 aromatic carbocycles. The van der Waals surface area contributed by atoms with Crippen LogP contribution in [0.3, 0.4) is 0 Å². The zero-order chi connectivity index (χ0) is 26.6. The topological polar surface area (TPSA) is 126 Å². The van der Waals surface area contributed by atoms with E-state index in [4.69, 9.17) is 19.6 Å². The summed E-state index contributed by atoms with van der Waals surface area (Å²) in [5, 5.41) is 19.6. The Hall–Kier alpha value is -3.11. The quantitative estimate of drug-likeness (QED) is 0.142. The largest absolute Gasteiger partial charge is 0.493 e. The number of aliphatic carboxylic acids is 1. The molecule has 0 radical (unpaired) electrons. The second-order valence-electron chi connectivity index (χ2n) is 9.30. The van der Waals surface area contributed by atoms with Crippen molar-refractivity contribution in [2.45, 2.75) is 64.6 Å². The fourth-order valence-electron chi connectivity index (χ4n) is 3.82. The molecule has 0 fully saturated rings. The number of carboxylic acids is 1. The fourth-order valence-corrected chi connectivity index (χ4v) is 3.82. The minimum Gasteiger partial charge on any atom is -0.493 e. The van der Waals surface area contributed by atoms with Gasteiger partial charge in [0.2, 0.25) is 11.8 Å². The lowest BCUT2D eigenvalue weighted by atomic mass is 9.98. The number of benzene rings is 1. The van der Waals surface area contributed by atoms with Gasteiger partial charge in [0.15, 0.2) is 0 Å². The van der Waals surface area contributed by atoms with Gasteiger partial charge in [0.1, 0.15) is 24.4 Å². The standard InChI is InChI=1S/C26H38N2O8/c1-26(2,33)28(25(32)20(13-16-29)12-15-27(3)23-14-18-35-36-23)19-21-9-6-7-10-22(21)34-17-8-4-5-11-24(30)31/h6-7,9-10,14,16,20,33H,4-5,8,11-13,15,17-19H2,1-3H3,(H,30,31). The molecule has 1 amide bonds. The number of ether oxygens (including phenoxy) is 1. The van der Waals surface area contributed by atoms with Crippen LogP contribution in [0.5, 0.6) is 5.75 Å². The molecule has 1 aromatic rings. The molecule has 1 aliphatic rings. The number of amides is 1. The van der Waals surface area contributed by atoms with Crippen LogP contribution in [0.2, 0.25) is 0 Å². The Bertz CT molecular complexity index is 896. The molecular weight excluding hydrogens is 468 g/mol. The van der Waals surface area contributed by atoms with Gasteiger partial charge in [-0.2, -0.15) is 4.89 Å². The van der Waals surface area contributed by atoms with Gasteiger partial charge in [-0.1, -0.05) is 18.2 Å². The molecule has 0 saturated heterocycles. The van der Waals surface area contributed by atoms with Crippen molar-refractivity contribution < 1.29 is 39.1 Å². The predicted octanol–water partition coefficient (Wildman–Crippen LogP) is 3.10. The van der Waals surface area contributed by atoms with E-state index < -0.39 is 17.6 Å². The molecule has 36 heavy (non-hydrogen) atoms. The summed E-state index contributed by atoms with van der Waals surface area (Å²) in [7, 11) is 1.81. The van der Waals surface area contributed by atoms with E-state index in [1.807, 2.05) is 30.1 Å². The van der Waals surface area contributed by atoms with Crippen molar-refractivity contribution >= 4 is 18.2 Å². The summed E-state index contributed by atoms with van der Waals surface area (Å²) >= 11 is 0. The number of carbonyl (C=O) groups is 3. The van der Waals surface area contributed by atoms with Crippen molar-refractivity contribution in [2.24, 2.45) is 5.92 Å². The highest BCUT2D eigenvalue weighted by molar-refractivity contribution is 5.81. The van der Waals surface area contributed by atoms with Crippen LogP contribution < -0.4 is 4.74 Å². The van der Waals surface area contributed by atoms with E-state index in [-0.39, 0.29) is 25.3 Å². The molecule has 200 valence electrons. The SMILES string of the molecule is CN(CCC(CC=O)C(=O)N(Cc1ccccc1OCCCCCC(=O)O)C(C)(C)O)C1=CCOO1. The second-order valence-corrected chi connectivity index (χ2v) is 9.30. The molecule has 1 unspecified atom stereocenters.